The van der Waals surface area contributed by atoms with Crippen molar-refractivity contribution in [1.82, 2.24) is 0 Å². The standard InChI is InChI=1S/C69H106O27/c1-12-14-15-16-17-18-19-20-42(73)92-57-56(83)69(31-72)35(27-64(5,6)28-41(69)90-59(86)32(3)13-2)34-21-22-39-66(9)25-24-40(65(7,8)38(66)23-26-67(39,10)68(34,57)11)91-60-49(80)47(78)52(33(4)87-60)93-62-51(82)53(50(81)54(95-62)58(84)85)94-63-55(46(77)44(75)37(30-71)89-63)96-61-48(79)45(76)43(74)36(29-70)88-61/h13,15-21,33,35-41,43-57,60-63,70-72,74-83H,12,14,22-31H2,1-11H3,(H,84,85)/b16-15+,18-17+,20-19+,32-13-. The molecule has 27 nitrogen and oxygen atoms in total. The van der Waals surface area contributed by atoms with Crippen molar-refractivity contribution in [3.63, 3.8) is 0 Å². The van der Waals surface area contributed by atoms with Gasteiger partial charge in [-0.1, -0.05) is 110 Å². The molecule has 4 saturated carbocycles. The molecule has 4 heterocycles. The summed E-state index contributed by atoms with van der Waals surface area (Å²) < 4.78 is 60.5. The molecule has 31 atom stereocenters. The van der Waals surface area contributed by atoms with Gasteiger partial charge in [-0.25, -0.2) is 14.4 Å². The molecule has 8 fully saturated rings. The van der Waals surface area contributed by atoms with Gasteiger partial charge in [-0.15, -0.1) is 0 Å². The number of carbonyl (C=O) groups is 3. The lowest BCUT2D eigenvalue weighted by Gasteiger charge is -2.73. The number of carboxylic acids is 1. The highest BCUT2D eigenvalue weighted by Gasteiger charge is 2.76. The van der Waals surface area contributed by atoms with E-state index < -0.39 is 223 Å². The topological polar surface area (TPSA) is 427 Å². The number of allylic oxidation sites excluding steroid dienone is 7. The van der Waals surface area contributed by atoms with Crippen LogP contribution in [-0.4, -0.2) is 256 Å². The Morgan fingerprint density at radius 2 is 1.22 bits per heavy atom. The van der Waals surface area contributed by atoms with E-state index in [1.54, 1.807) is 32.1 Å². The Bertz CT molecular complexity index is 2880. The van der Waals surface area contributed by atoms with Gasteiger partial charge in [0.1, 0.15) is 104 Å². The van der Waals surface area contributed by atoms with Crippen LogP contribution in [0.1, 0.15) is 134 Å². The van der Waals surface area contributed by atoms with Gasteiger partial charge in [0, 0.05) is 17.1 Å². The van der Waals surface area contributed by atoms with Crippen LogP contribution < -0.4 is 0 Å². The van der Waals surface area contributed by atoms with Crippen LogP contribution in [0.5, 0.6) is 0 Å². The third-order valence-corrected chi connectivity index (χ3v) is 24.0. The summed E-state index contributed by atoms with van der Waals surface area (Å²) in [6.07, 6.45) is -22.3. The predicted octanol–water partition coefficient (Wildman–Crippen LogP) is 1.01. The third-order valence-electron chi connectivity index (χ3n) is 24.0. The second-order valence-electron chi connectivity index (χ2n) is 30.3. The average molecular weight is 1370 g/mol. The molecule has 544 valence electrons. The highest BCUT2D eigenvalue weighted by Crippen LogP contribution is 2.76. The number of rotatable bonds is 20. The van der Waals surface area contributed by atoms with Crippen molar-refractivity contribution >= 4 is 17.9 Å². The van der Waals surface area contributed by atoms with Gasteiger partial charge in [0.05, 0.1) is 37.4 Å². The Balaban J connectivity index is 0.941. The zero-order valence-electron chi connectivity index (χ0n) is 56.8. The lowest BCUT2D eigenvalue weighted by molar-refractivity contribution is -0.394. The molecule has 4 aliphatic heterocycles. The predicted molar refractivity (Wildman–Crippen MR) is 335 cm³/mol. The second-order valence-corrected chi connectivity index (χ2v) is 30.3. The highest BCUT2D eigenvalue weighted by atomic mass is 16.8. The molecule has 0 amide bonds. The molecule has 4 saturated heterocycles. The first-order valence-corrected chi connectivity index (χ1v) is 33.9. The summed E-state index contributed by atoms with van der Waals surface area (Å²) in [5.74, 6) is -3.66. The molecule has 9 aliphatic rings. The van der Waals surface area contributed by atoms with Gasteiger partial charge in [0.25, 0.3) is 0 Å². The minimum Gasteiger partial charge on any atom is -0.479 e. The van der Waals surface area contributed by atoms with Gasteiger partial charge in [0.2, 0.25) is 0 Å². The van der Waals surface area contributed by atoms with E-state index >= 15 is 0 Å². The monoisotopic (exact) mass is 1370 g/mol. The van der Waals surface area contributed by atoms with Gasteiger partial charge >= 0.3 is 17.9 Å². The summed E-state index contributed by atoms with van der Waals surface area (Å²) in [5, 5.41) is 156. The Morgan fingerprint density at radius 1 is 0.625 bits per heavy atom. The zero-order chi connectivity index (χ0) is 70.7. The SMILES string of the molecule is C/C=C(/C)C(=O)OC1CC(C)(C)CC2C3=CCC4C5(C)CCC(OC6OC(C)C(OC7OC(C(=O)O)C(O)C(OC8OC(CO)C(O)C(O)C8OC8OC(CO)C(O)C(O)C8O)C7O)C(O)C6O)C(C)(C)C5CCC4(C)C3(C)C(OC(=O)/C=C/C=C/C=C/CCC)C(O)C12CO. The molecular formula is C69H106O27. The van der Waals surface area contributed by atoms with Crippen molar-refractivity contribution in [3.8, 4) is 0 Å². The first-order chi connectivity index (χ1) is 45.1. The molecule has 31 unspecified atom stereocenters. The van der Waals surface area contributed by atoms with E-state index in [1.807, 2.05) is 18.2 Å². The Hall–Kier alpha value is -3.73. The maximum absolute atomic E-state index is 14.3. The van der Waals surface area contributed by atoms with Gasteiger partial charge in [-0.2, -0.15) is 0 Å². The molecule has 9 rings (SSSR count). The summed E-state index contributed by atoms with van der Waals surface area (Å²) in [4.78, 5) is 40.8. The number of esters is 2. The molecule has 5 aliphatic carbocycles. The van der Waals surface area contributed by atoms with Gasteiger partial charge in [-0.3, -0.25) is 0 Å². The lowest BCUT2D eigenvalue weighted by Crippen LogP contribution is -2.75. The molecule has 14 N–H and O–H groups in total. The number of hydrogen-bond donors (Lipinski definition) is 14. The van der Waals surface area contributed by atoms with Crippen LogP contribution in [0, 0.1) is 50.2 Å². The van der Waals surface area contributed by atoms with E-state index in [4.69, 9.17) is 47.4 Å². The first-order valence-electron chi connectivity index (χ1n) is 33.9. The number of hydrogen-bond acceptors (Lipinski definition) is 26. The van der Waals surface area contributed by atoms with Crippen molar-refractivity contribution < 1.29 is 133 Å². The summed E-state index contributed by atoms with van der Waals surface area (Å²) in [7, 11) is 0. The second kappa shape index (κ2) is 29.7. The van der Waals surface area contributed by atoms with E-state index in [2.05, 4.69) is 61.5 Å². The fraction of sp³-hybridized carbons (Fsp3) is 0.812. The molecule has 0 bridgehead atoms. The molecule has 27 heteroatoms. The smallest absolute Gasteiger partial charge is 0.335 e. The Labute approximate surface area is 560 Å². The fourth-order valence-electron chi connectivity index (χ4n) is 18.3. The normalized spacial score (nSPS) is 47.9. The van der Waals surface area contributed by atoms with E-state index in [1.165, 1.54) is 13.0 Å². The van der Waals surface area contributed by atoms with Gasteiger partial charge < -0.3 is 119 Å². The number of unbranched alkanes of at least 4 members (excludes halogenated alkanes) is 1. The van der Waals surface area contributed by atoms with Crippen LogP contribution in [0.15, 0.2) is 59.8 Å². The minimum atomic E-state index is -2.27. The number of carbonyl (C=O) groups excluding carboxylic acids is 2. The first kappa shape index (κ1) is 76.4. The molecule has 0 aromatic rings. The quantitative estimate of drug-likeness (QED) is 0.0266. The van der Waals surface area contributed by atoms with Crippen molar-refractivity contribution in [2.45, 2.75) is 281 Å². The fourth-order valence-corrected chi connectivity index (χ4v) is 18.3. The summed E-state index contributed by atoms with van der Waals surface area (Å²) in [6.45, 7) is 19.6. The van der Waals surface area contributed by atoms with E-state index in [0.717, 1.165) is 18.4 Å². The minimum absolute atomic E-state index is 0.0481. The molecule has 0 aromatic carbocycles. The van der Waals surface area contributed by atoms with Crippen LogP contribution >= 0.6 is 0 Å². The van der Waals surface area contributed by atoms with Crippen molar-refractivity contribution in [1.29, 1.82) is 0 Å². The van der Waals surface area contributed by atoms with Crippen LogP contribution in [-0.2, 0) is 61.8 Å². The Kier molecular flexibility index (Phi) is 23.6. The molecule has 0 spiro atoms. The van der Waals surface area contributed by atoms with Crippen LogP contribution in [0.25, 0.3) is 0 Å². The number of aliphatic hydroxyl groups excluding tert-OH is 13. The molecular weight excluding hydrogens is 1260 g/mol. The Morgan fingerprint density at radius 3 is 1.85 bits per heavy atom. The van der Waals surface area contributed by atoms with Gasteiger partial charge in [0.15, 0.2) is 31.3 Å². The largest absolute Gasteiger partial charge is 0.479 e. The van der Waals surface area contributed by atoms with Gasteiger partial charge in [-0.05, 0) is 112 Å². The summed E-state index contributed by atoms with van der Waals surface area (Å²) in [6, 6.07) is 0. The summed E-state index contributed by atoms with van der Waals surface area (Å²) in [5.41, 5.74) is -3.31. The number of aliphatic hydroxyl groups is 13. The molecule has 96 heavy (non-hydrogen) atoms. The number of aliphatic carboxylic acids is 1. The third kappa shape index (κ3) is 13.6. The number of ether oxygens (including phenoxy) is 10. The number of carboxylic acid groups (broad SMARTS) is 1. The highest BCUT2D eigenvalue weighted by molar-refractivity contribution is 5.87. The van der Waals surface area contributed by atoms with Crippen LogP contribution in [0.4, 0.5) is 0 Å². The van der Waals surface area contributed by atoms with Crippen molar-refractivity contribution in [2.75, 3.05) is 19.8 Å². The van der Waals surface area contributed by atoms with Crippen LogP contribution in [0.3, 0.4) is 0 Å². The van der Waals surface area contributed by atoms with Crippen LogP contribution in [0.2, 0.25) is 0 Å². The molecule has 0 radical (unpaired) electrons. The van der Waals surface area contributed by atoms with Crippen molar-refractivity contribution in [2.24, 2.45) is 50.2 Å². The molecule has 0 aromatic heterocycles. The summed E-state index contributed by atoms with van der Waals surface area (Å²) >= 11 is 0. The van der Waals surface area contributed by atoms with E-state index in [-0.39, 0.29) is 11.8 Å². The van der Waals surface area contributed by atoms with E-state index in [9.17, 15) is 85.9 Å². The number of fused-ring (bicyclic) bond motifs is 7. The lowest BCUT2D eigenvalue weighted by atomic mass is 9.32. The zero-order valence-corrected chi connectivity index (χ0v) is 56.8. The average Bonchev–Trinajstić information content (AvgIpc) is 0.662. The van der Waals surface area contributed by atoms with Crippen molar-refractivity contribution in [3.05, 3.63) is 59.8 Å². The maximum Gasteiger partial charge on any atom is 0.335 e. The van der Waals surface area contributed by atoms with E-state index in [0.29, 0.717) is 50.5 Å². The maximum atomic E-state index is 14.3.